The Hall–Kier alpha value is -1.21. The number of nitrogens with zero attached hydrogens (tertiary/aromatic N) is 3. The molecule has 0 aliphatic carbocycles. The van der Waals surface area contributed by atoms with Crippen molar-refractivity contribution in [2.24, 2.45) is 5.92 Å². The summed E-state index contributed by atoms with van der Waals surface area (Å²) in [4.78, 5) is 22.5. The Morgan fingerprint density at radius 2 is 2.25 bits per heavy atom. The maximum atomic E-state index is 12.2. The first-order valence-corrected chi connectivity index (χ1v) is 9.67. The number of ether oxygens (including phenoxy) is 1. The van der Waals surface area contributed by atoms with E-state index in [1.54, 1.807) is 11.0 Å². The maximum Gasteiger partial charge on any atom is 0.410 e. The molecular formula is C16H25ClN4O2S. The van der Waals surface area contributed by atoms with Crippen molar-refractivity contribution < 1.29 is 9.53 Å². The van der Waals surface area contributed by atoms with Gasteiger partial charge in [0.25, 0.3) is 0 Å². The van der Waals surface area contributed by atoms with Crippen LogP contribution in [-0.2, 0) is 4.74 Å². The third kappa shape index (κ3) is 6.02. The smallest absolute Gasteiger partial charge is 0.410 e. The number of aromatic nitrogens is 2. The predicted molar refractivity (Wildman–Crippen MR) is 97.8 cm³/mol. The summed E-state index contributed by atoms with van der Waals surface area (Å²) in [5, 5.41) is 4.38. The van der Waals surface area contributed by atoms with Crippen LogP contribution in [0.3, 0.4) is 0 Å². The van der Waals surface area contributed by atoms with Gasteiger partial charge in [-0.1, -0.05) is 23.4 Å². The van der Waals surface area contributed by atoms with Gasteiger partial charge in [-0.15, -0.1) is 0 Å². The molecule has 1 aliphatic heterocycles. The quantitative estimate of drug-likeness (QED) is 0.491. The fourth-order valence-electron chi connectivity index (χ4n) is 2.55. The lowest BCUT2D eigenvalue weighted by Gasteiger charge is -2.34. The molecule has 1 saturated heterocycles. The lowest BCUT2D eigenvalue weighted by molar-refractivity contribution is 0.0172. The average molecular weight is 373 g/mol. The molecule has 0 radical (unpaired) electrons. The fourth-order valence-corrected chi connectivity index (χ4v) is 3.16. The van der Waals surface area contributed by atoms with E-state index in [4.69, 9.17) is 16.3 Å². The molecule has 0 saturated carbocycles. The summed E-state index contributed by atoms with van der Waals surface area (Å²) in [5.41, 5.74) is -0.464. The second-order valence-corrected chi connectivity index (χ2v) is 8.04. The maximum absolute atomic E-state index is 12.2. The normalized spacial score (nSPS) is 18.4. The van der Waals surface area contributed by atoms with E-state index in [9.17, 15) is 4.79 Å². The van der Waals surface area contributed by atoms with Crippen molar-refractivity contribution in [3.05, 3.63) is 11.2 Å². The first-order chi connectivity index (χ1) is 11.3. The molecule has 1 aliphatic rings. The minimum atomic E-state index is -0.464. The highest BCUT2D eigenvalue weighted by Crippen LogP contribution is 2.21. The van der Waals surface area contributed by atoms with Crippen LogP contribution >= 0.6 is 23.4 Å². The predicted octanol–water partition coefficient (Wildman–Crippen LogP) is 3.91. The van der Waals surface area contributed by atoms with E-state index in [0.717, 1.165) is 25.9 Å². The molecule has 1 fully saturated rings. The number of piperidine rings is 1. The van der Waals surface area contributed by atoms with Gasteiger partial charge in [0.2, 0.25) is 0 Å². The summed E-state index contributed by atoms with van der Waals surface area (Å²) in [5.74, 6) is 1.08. The van der Waals surface area contributed by atoms with Crippen LogP contribution in [-0.4, -0.2) is 52.5 Å². The summed E-state index contributed by atoms with van der Waals surface area (Å²) >= 11 is 7.45. The van der Waals surface area contributed by atoms with Crippen LogP contribution in [0.1, 0.15) is 33.6 Å². The number of halogens is 1. The molecule has 1 amide bonds. The number of rotatable bonds is 4. The van der Waals surface area contributed by atoms with E-state index in [-0.39, 0.29) is 6.09 Å². The second kappa shape index (κ2) is 8.25. The van der Waals surface area contributed by atoms with E-state index in [2.05, 4.69) is 15.3 Å². The third-order valence-electron chi connectivity index (χ3n) is 3.60. The van der Waals surface area contributed by atoms with Gasteiger partial charge >= 0.3 is 6.09 Å². The summed E-state index contributed by atoms with van der Waals surface area (Å²) in [7, 11) is 0. The van der Waals surface area contributed by atoms with Crippen molar-refractivity contribution in [2.75, 3.05) is 31.2 Å². The molecule has 0 spiro atoms. The molecular weight excluding hydrogens is 348 g/mol. The molecule has 2 rings (SSSR count). The summed E-state index contributed by atoms with van der Waals surface area (Å²) in [6.45, 7) is 7.83. The Bertz CT molecular complexity index is 580. The molecule has 1 atom stereocenters. The van der Waals surface area contributed by atoms with Gasteiger partial charge in [-0.3, -0.25) is 0 Å². The minimum absolute atomic E-state index is 0.234. The standard InChI is InChI=1S/C16H25ClN4O2S/c1-16(2,3)23-15(22)21-7-5-6-11(10-21)9-18-13-8-12(17)19-14(20-13)24-4/h8,11H,5-7,9-10H2,1-4H3,(H,18,19,20). The zero-order valence-corrected chi connectivity index (χ0v) is 16.2. The number of carbonyl (C=O) groups excluding carboxylic acids is 1. The highest BCUT2D eigenvalue weighted by molar-refractivity contribution is 7.98. The van der Waals surface area contributed by atoms with E-state index in [1.165, 1.54) is 11.8 Å². The molecule has 24 heavy (non-hydrogen) atoms. The lowest BCUT2D eigenvalue weighted by atomic mass is 9.98. The van der Waals surface area contributed by atoms with Gasteiger partial charge in [0.05, 0.1) is 0 Å². The van der Waals surface area contributed by atoms with Crippen molar-refractivity contribution in [2.45, 2.75) is 44.4 Å². The highest BCUT2D eigenvalue weighted by atomic mass is 35.5. The van der Waals surface area contributed by atoms with E-state index in [0.29, 0.717) is 28.6 Å². The van der Waals surface area contributed by atoms with Crippen LogP contribution in [0.5, 0.6) is 0 Å². The summed E-state index contributed by atoms with van der Waals surface area (Å²) in [6, 6.07) is 1.72. The minimum Gasteiger partial charge on any atom is -0.444 e. The van der Waals surface area contributed by atoms with Crippen LogP contribution in [0.25, 0.3) is 0 Å². The van der Waals surface area contributed by atoms with Crippen LogP contribution in [0.4, 0.5) is 10.6 Å². The monoisotopic (exact) mass is 372 g/mol. The number of hydrogen-bond acceptors (Lipinski definition) is 6. The zero-order valence-electron chi connectivity index (χ0n) is 14.6. The molecule has 1 unspecified atom stereocenters. The molecule has 1 aromatic heterocycles. The van der Waals surface area contributed by atoms with Crippen molar-refractivity contribution >= 4 is 35.3 Å². The Balaban J connectivity index is 1.89. The lowest BCUT2D eigenvalue weighted by Crippen LogP contribution is -2.44. The van der Waals surface area contributed by atoms with Gasteiger partial charge in [0.15, 0.2) is 5.16 Å². The van der Waals surface area contributed by atoms with Gasteiger partial charge in [-0.05, 0) is 45.8 Å². The Kier molecular flexibility index (Phi) is 6.57. The van der Waals surface area contributed by atoms with E-state index < -0.39 is 5.60 Å². The molecule has 6 nitrogen and oxygen atoms in total. The van der Waals surface area contributed by atoms with Crippen molar-refractivity contribution in [3.8, 4) is 0 Å². The van der Waals surface area contributed by atoms with E-state index in [1.807, 2.05) is 27.0 Å². The van der Waals surface area contributed by atoms with Gasteiger partial charge in [0, 0.05) is 25.7 Å². The topological polar surface area (TPSA) is 67.4 Å². The summed E-state index contributed by atoms with van der Waals surface area (Å²) in [6.07, 6.45) is 3.73. The summed E-state index contributed by atoms with van der Waals surface area (Å²) < 4.78 is 5.46. The third-order valence-corrected chi connectivity index (χ3v) is 4.34. The fraction of sp³-hybridized carbons (Fsp3) is 0.688. The van der Waals surface area contributed by atoms with Crippen LogP contribution in [0.15, 0.2) is 11.2 Å². The second-order valence-electron chi connectivity index (χ2n) is 6.88. The zero-order chi connectivity index (χ0) is 17.7. The molecule has 2 heterocycles. The Labute approximate surface area is 152 Å². The van der Waals surface area contributed by atoms with Crippen LogP contribution in [0, 0.1) is 5.92 Å². The molecule has 0 aromatic carbocycles. The number of hydrogen-bond donors (Lipinski definition) is 1. The number of nitrogens with one attached hydrogen (secondary N) is 1. The largest absolute Gasteiger partial charge is 0.444 e. The first-order valence-electron chi connectivity index (χ1n) is 8.07. The number of carbonyl (C=O) groups is 1. The van der Waals surface area contributed by atoms with Crippen LogP contribution < -0.4 is 5.32 Å². The molecule has 1 N–H and O–H groups in total. The number of amides is 1. The van der Waals surface area contributed by atoms with Crippen LogP contribution in [0.2, 0.25) is 5.15 Å². The number of likely N-dealkylation sites (tertiary alicyclic amines) is 1. The van der Waals surface area contributed by atoms with Crippen molar-refractivity contribution in [1.29, 1.82) is 0 Å². The highest BCUT2D eigenvalue weighted by Gasteiger charge is 2.27. The number of anilines is 1. The van der Waals surface area contributed by atoms with Crippen molar-refractivity contribution in [1.82, 2.24) is 14.9 Å². The molecule has 134 valence electrons. The average Bonchev–Trinajstić information content (AvgIpc) is 2.51. The number of thioether (sulfide) groups is 1. The van der Waals surface area contributed by atoms with Crippen molar-refractivity contribution in [3.63, 3.8) is 0 Å². The van der Waals surface area contributed by atoms with Gasteiger partial charge in [0.1, 0.15) is 16.6 Å². The molecule has 1 aromatic rings. The van der Waals surface area contributed by atoms with Gasteiger partial charge in [-0.2, -0.15) is 0 Å². The molecule has 8 heteroatoms. The van der Waals surface area contributed by atoms with Gasteiger partial charge in [-0.25, -0.2) is 14.8 Å². The molecule has 0 bridgehead atoms. The van der Waals surface area contributed by atoms with E-state index >= 15 is 0 Å². The first kappa shape index (κ1) is 19.1. The Morgan fingerprint density at radius 3 is 2.92 bits per heavy atom. The Morgan fingerprint density at radius 1 is 1.50 bits per heavy atom. The van der Waals surface area contributed by atoms with Gasteiger partial charge < -0.3 is 15.0 Å². The SMILES string of the molecule is CSc1nc(Cl)cc(NCC2CCCN(C(=O)OC(C)(C)C)C2)n1.